The van der Waals surface area contributed by atoms with Crippen molar-refractivity contribution in [3.05, 3.63) is 69.0 Å². The van der Waals surface area contributed by atoms with Gasteiger partial charge in [-0.2, -0.15) is 0 Å². The molecule has 2 heterocycles. The maximum Gasteiger partial charge on any atom is 0.340 e. The first-order valence-electron chi connectivity index (χ1n) is 7.60. The van der Waals surface area contributed by atoms with Crippen LogP contribution in [-0.2, 0) is 9.53 Å². The van der Waals surface area contributed by atoms with Gasteiger partial charge >= 0.3 is 5.97 Å². The van der Waals surface area contributed by atoms with Crippen LogP contribution in [0.2, 0.25) is 0 Å². The molecule has 1 aromatic heterocycles. The van der Waals surface area contributed by atoms with E-state index in [4.69, 9.17) is 19.9 Å². The molecule has 1 aromatic carbocycles. The number of methoxy groups -OCH3 is 2. The molecule has 0 unspecified atom stereocenters. The van der Waals surface area contributed by atoms with Crippen LogP contribution in [-0.4, -0.2) is 25.2 Å². The summed E-state index contributed by atoms with van der Waals surface area (Å²) in [6.45, 7) is 1.73. The van der Waals surface area contributed by atoms with Crippen LogP contribution in [0.1, 0.15) is 22.7 Å². The van der Waals surface area contributed by atoms with E-state index in [9.17, 15) is 9.59 Å². The summed E-state index contributed by atoms with van der Waals surface area (Å²) in [5.41, 5.74) is 7.22. The van der Waals surface area contributed by atoms with Gasteiger partial charge in [-0.25, -0.2) is 4.79 Å². The molecule has 0 aliphatic carbocycles. The minimum Gasteiger partial charge on any atom is -0.496 e. The number of carbonyl (C=O) groups excluding carboxylic acids is 1. The molecule has 2 aromatic rings. The van der Waals surface area contributed by atoms with Crippen molar-refractivity contribution in [3.63, 3.8) is 0 Å². The van der Waals surface area contributed by atoms with E-state index in [2.05, 4.69) is 4.98 Å². The van der Waals surface area contributed by atoms with E-state index in [-0.39, 0.29) is 22.6 Å². The SMILES string of the molecule is COC(=O)C1=C(N)Oc2cc(C)[nH]c(=O)c2[C@H]1c1ccccc1OC. The molecule has 0 bridgehead atoms. The number of aromatic amines is 1. The zero-order chi connectivity index (χ0) is 18.1. The maximum atomic E-state index is 12.6. The van der Waals surface area contributed by atoms with Gasteiger partial charge in [-0.1, -0.05) is 18.2 Å². The van der Waals surface area contributed by atoms with Gasteiger partial charge in [-0.15, -0.1) is 0 Å². The van der Waals surface area contributed by atoms with E-state index in [0.29, 0.717) is 22.8 Å². The summed E-state index contributed by atoms with van der Waals surface area (Å²) in [7, 11) is 2.76. The Morgan fingerprint density at radius 3 is 2.68 bits per heavy atom. The second kappa shape index (κ2) is 6.35. The Balaban J connectivity index is 2.35. The van der Waals surface area contributed by atoms with Gasteiger partial charge in [0.2, 0.25) is 5.88 Å². The van der Waals surface area contributed by atoms with Crippen molar-refractivity contribution in [2.45, 2.75) is 12.8 Å². The number of fused-ring (bicyclic) bond motifs is 1. The van der Waals surface area contributed by atoms with E-state index in [0.717, 1.165) is 0 Å². The Hall–Kier alpha value is -3.22. The van der Waals surface area contributed by atoms with Gasteiger partial charge in [0.05, 0.1) is 25.7 Å². The number of pyridine rings is 1. The number of nitrogens with one attached hydrogen (secondary N) is 1. The molecule has 130 valence electrons. The number of aryl methyl sites for hydroxylation is 1. The lowest BCUT2D eigenvalue weighted by atomic mass is 9.83. The molecule has 3 N–H and O–H groups in total. The fourth-order valence-electron chi connectivity index (χ4n) is 3.03. The van der Waals surface area contributed by atoms with E-state index in [1.807, 2.05) is 0 Å². The lowest BCUT2D eigenvalue weighted by molar-refractivity contribution is -0.136. The molecule has 1 aliphatic rings. The second-order valence-corrected chi connectivity index (χ2v) is 5.61. The van der Waals surface area contributed by atoms with Crippen molar-refractivity contribution < 1.29 is 19.0 Å². The summed E-state index contributed by atoms with van der Waals surface area (Å²) in [6.07, 6.45) is 0. The highest BCUT2D eigenvalue weighted by atomic mass is 16.5. The summed E-state index contributed by atoms with van der Waals surface area (Å²) in [5.74, 6) is -0.701. The molecule has 0 fully saturated rings. The summed E-state index contributed by atoms with van der Waals surface area (Å²) in [5, 5.41) is 0. The van der Waals surface area contributed by atoms with Crippen LogP contribution in [0.5, 0.6) is 11.5 Å². The number of esters is 1. The average molecular weight is 342 g/mol. The van der Waals surface area contributed by atoms with Gasteiger partial charge in [0.25, 0.3) is 5.56 Å². The van der Waals surface area contributed by atoms with Crippen molar-refractivity contribution in [1.82, 2.24) is 4.98 Å². The number of rotatable bonds is 3. The van der Waals surface area contributed by atoms with Crippen LogP contribution < -0.4 is 20.8 Å². The second-order valence-electron chi connectivity index (χ2n) is 5.61. The van der Waals surface area contributed by atoms with Crippen LogP contribution >= 0.6 is 0 Å². The topological polar surface area (TPSA) is 104 Å². The van der Waals surface area contributed by atoms with Crippen LogP contribution in [0.15, 0.2) is 46.6 Å². The number of nitrogens with two attached hydrogens (primary N) is 1. The number of benzene rings is 1. The van der Waals surface area contributed by atoms with Gasteiger partial charge in [0.15, 0.2) is 0 Å². The van der Waals surface area contributed by atoms with Crippen molar-refractivity contribution >= 4 is 5.97 Å². The summed E-state index contributed by atoms with van der Waals surface area (Å²) in [6, 6.07) is 8.78. The highest BCUT2D eigenvalue weighted by Crippen LogP contribution is 2.43. The first-order chi connectivity index (χ1) is 12.0. The van der Waals surface area contributed by atoms with Crippen LogP contribution in [0.3, 0.4) is 0 Å². The van der Waals surface area contributed by atoms with Crippen molar-refractivity contribution in [2.75, 3.05) is 14.2 Å². The monoisotopic (exact) mass is 342 g/mol. The Morgan fingerprint density at radius 1 is 1.28 bits per heavy atom. The van der Waals surface area contributed by atoms with Gasteiger partial charge in [0, 0.05) is 17.3 Å². The van der Waals surface area contributed by atoms with Crippen LogP contribution in [0, 0.1) is 6.92 Å². The number of ether oxygens (including phenoxy) is 3. The lowest BCUT2D eigenvalue weighted by Crippen LogP contribution is -2.32. The minimum absolute atomic E-state index is 0.0638. The molecule has 3 rings (SSSR count). The Kier molecular flexibility index (Phi) is 4.22. The normalized spacial score (nSPS) is 16.0. The largest absolute Gasteiger partial charge is 0.496 e. The first kappa shape index (κ1) is 16.6. The quantitative estimate of drug-likeness (QED) is 0.821. The zero-order valence-electron chi connectivity index (χ0n) is 14.1. The maximum absolute atomic E-state index is 12.6. The fraction of sp³-hybridized carbons (Fsp3) is 0.222. The minimum atomic E-state index is -0.767. The molecular weight excluding hydrogens is 324 g/mol. The van der Waals surface area contributed by atoms with Crippen LogP contribution in [0.25, 0.3) is 0 Å². The Morgan fingerprint density at radius 2 is 2.00 bits per heavy atom. The molecule has 7 nitrogen and oxygen atoms in total. The van der Waals surface area contributed by atoms with E-state index < -0.39 is 11.9 Å². The molecular formula is C18H18N2O5. The molecule has 25 heavy (non-hydrogen) atoms. The van der Waals surface area contributed by atoms with Gasteiger partial charge < -0.3 is 24.9 Å². The highest BCUT2D eigenvalue weighted by Gasteiger charge is 2.38. The van der Waals surface area contributed by atoms with E-state index in [1.54, 1.807) is 37.3 Å². The molecule has 0 saturated carbocycles. The molecule has 1 aliphatic heterocycles. The number of aromatic nitrogens is 1. The number of H-pyrrole nitrogens is 1. The third-order valence-corrected chi connectivity index (χ3v) is 4.09. The third kappa shape index (κ3) is 2.73. The van der Waals surface area contributed by atoms with E-state index >= 15 is 0 Å². The average Bonchev–Trinajstić information content (AvgIpc) is 2.59. The standard InChI is InChI=1S/C18H18N2O5/c1-9-8-12-14(17(21)20-9)13(10-6-4-5-7-11(10)23-2)15(16(19)25-12)18(22)24-3/h4-8,13H,19H2,1-3H3,(H,20,21)/t13-/m1/s1. The van der Waals surface area contributed by atoms with Gasteiger partial charge in [-0.05, 0) is 13.0 Å². The molecule has 0 spiro atoms. The molecule has 7 heteroatoms. The van der Waals surface area contributed by atoms with Crippen molar-refractivity contribution in [1.29, 1.82) is 0 Å². The van der Waals surface area contributed by atoms with Crippen LogP contribution in [0.4, 0.5) is 0 Å². The summed E-state index contributed by atoms with van der Waals surface area (Å²) in [4.78, 5) is 27.7. The molecule has 1 atom stereocenters. The van der Waals surface area contributed by atoms with Crippen molar-refractivity contribution in [3.8, 4) is 11.5 Å². The molecule has 0 radical (unpaired) electrons. The van der Waals surface area contributed by atoms with Gasteiger partial charge in [-0.3, -0.25) is 4.79 Å². The number of hydrogen-bond acceptors (Lipinski definition) is 6. The number of para-hydroxylation sites is 1. The number of carbonyl (C=O) groups is 1. The smallest absolute Gasteiger partial charge is 0.340 e. The predicted molar refractivity (Wildman–Crippen MR) is 90.5 cm³/mol. The summed E-state index contributed by atoms with van der Waals surface area (Å²) < 4.78 is 15.8. The first-order valence-corrected chi connectivity index (χ1v) is 7.60. The third-order valence-electron chi connectivity index (χ3n) is 4.09. The highest BCUT2D eigenvalue weighted by molar-refractivity contribution is 5.92. The van der Waals surface area contributed by atoms with Crippen molar-refractivity contribution in [2.24, 2.45) is 5.73 Å². The fourth-order valence-corrected chi connectivity index (χ4v) is 3.03. The lowest BCUT2D eigenvalue weighted by Gasteiger charge is -2.28. The summed E-state index contributed by atoms with van der Waals surface area (Å²) >= 11 is 0. The Labute approximate surface area is 144 Å². The zero-order valence-corrected chi connectivity index (χ0v) is 14.1. The number of hydrogen-bond donors (Lipinski definition) is 2. The molecule has 0 saturated heterocycles. The van der Waals surface area contributed by atoms with Gasteiger partial charge in [0.1, 0.15) is 17.1 Å². The Bertz CT molecular complexity index is 929. The van der Waals surface area contributed by atoms with E-state index in [1.165, 1.54) is 14.2 Å². The predicted octanol–water partition coefficient (Wildman–Crippen LogP) is 1.56. The molecule has 0 amide bonds.